The summed E-state index contributed by atoms with van der Waals surface area (Å²) in [7, 11) is 1.64. The van der Waals surface area contributed by atoms with Crippen LogP contribution >= 0.6 is 0 Å². The van der Waals surface area contributed by atoms with Gasteiger partial charge in [-0.2, -0.15) is 5.10 Å². The van der Waals surface area contributed by atoms with Gasteiger partial charge in [-0.15, -0.1) is 0 Å². The van der Waals surface area contributed by atoms with E-state index in [4.69, 9.17) is 0 Å². The van der Waals surface area contributed by atoms with Gasteiger partial charge in [0, 0.05) is 12.7 Å². The second-order valence-corrected chi connectivity index (χ2v) is 2.13. The molecule has 2 nitrogen and oxygen atoms in total. The molecule has 0 bridgehead atoms. The van der Waals surface area contributed by atoms with Crippen molar-refractivity contribution in [2.45, 2.75) is 13.3 Å². The van der Waals surface area contributed by atoms with Crippen molar-refractivity contribution in [3.63, 3.8) is 0 Å². The maximum absolute atomic E-state index is 11.9. The molecular weight excluding hydrogens is 138 g/mol. The SMILES string of the molecule is Cc1cc(C(F)F)nn1C. The number of nitrogens with zero attached hydrogens (tertiary/aromatic N) is 2. The number of aryl methyl sites for hydroxylation is 2. The lowest BCUT2D eigenvalue weighted by molar-refractivity contribution is 0.145. The molecular formula is C6H8F2N2. The highest BCUT2D eigenvalue weighted by molar-refractivity contribution is 5.08. The number of hydrogen-bond donors (Lipinski definition) is 0. The van der Waals surface area contributed by atoms with E-state index in [1.165, 1.54) is 10.7 Å². The molecule has 0 radical (unpaired) electrons. The van der Waals surface area contributed by atoms with Crippen LogP contribution in [0.15, 0.2) is 6.07 Å². The molecule has 56 valence electrons. The summed E-state index contributed by atoms with van der Waals surface area (Å²) in [5.41, 5.74) is 0.593. The summed E-state index contributed by atoms with van der Waals surface area (Å²) in [6.07, 6.45) is -2.46. The fourth-order valence-electron chi connectivity index (χ4n) is 0.695. The predicted octanol–water partition coefficient (Wildman–Crippen LogP) is 1.67. The van der Waals surface area contributed by atoms with Crippen molar-refractivity contribution in [1.29, 1.82) is 0 Å². The summed E-state index contributed by atoms with van der Waals surface area (Å²) in [6.45, 7) is 1.74. The van der Waals surface area contributed by atoms with Crippen LogP contribution in [0.3, 0.4) is 0 Å². The van der Waals surface area contributed by atoms with Crippen LogP contribution in [0.2, 0.25) is 0 Å². The first-order valence-electron chi connectivity index (χ1n) is 2.90. The first-order chi connectivity index (χ1) is 4.61. The molecule has 0 N–H and O–H groups in total. The van der Waals surface area contributed by atoms with E-state index in [0.717, 1.165) is 5.69 Å². The van der Waals surface area contributed by atoms with Crippen molar-refractivity contribution < 1.29 is 8.78 Å². The van der Waals surface area contributed by atoms with Crippen molar-refractivity contribution in [3.8, 4) is 0 Å². The molecule has 1 heterocycles. The lowest BCUT2D eigenvalue weighted by Gasteiger charge is -1.89. The standard InChI is InChI=1S/C6H8F2N2/c1-4-3-5(6(7)8)9-10(4)2/h3,6H,1-2H3. The third-order valence-corrected chi connectivity index (χ3v) is 1.36. The average molecular weight is 146 g/mol. The van der Waals surface area contributed by atoms with Gasteiger partial charge in [-0.1, -0.05) is 0 Å². The van der Waals surface area contributed by atoms with Crippen molar-refractivity contribution in [2.75, 3.05) is 0 Å². The van der Waals surface area contributed by atoms with E-state index >= 15 is 0 Å². The molecule has 1 aromatic rings. The Hall–Kier alpha value is -0.930. The summed E-state index contributed by atoms with van der Waals surface area (Å²) < 4.78 is 25.2. The molecule has 0 amide bonds. The van der Waals surface area contributed by atoms with Crippen LogP contribution in [0.1, 0.15) is 17.8 Å². The van der Waals surface area contributed by atoms with Crippen LogP contribution in [-0.4, -0.2) is 9.78 Å². The van der Waals surface area contributed by atoms with Gasteiger partial charge in [-0.05, 0) is 13.0 Å². The van der Waals surface area contributed by atoms with Crippen molar-refractivity contribution in [3.05, 3.63) is 17.5 Å². The zero-order valence-electron chi connectivity index (χ0n) is 5.81. The summed E-state index contributed by atoms with van der Waals surface area (Å²) in [6, 6.07) is 1.38. The van der Waals surface area contributed by atoms with Crippen LogP contribution in [-0.2, 0) is 7.05 Å². The van der Waals surface area contributed by atoms with Gasteiger partial charge in [0.15, 0.2) is 0 Å². The van der Waals surface area contributed by atoms with E-state index in [1.54, 1.807) is 14.0 Å². The number of alkyl halides is 2. The summed E-state index contributed by atoms with van der Waals surface area (Å²) in [5, 5.41) is 3.58. The maximum atomic E-state index is 11.9. The van der Waals surface area contributed by atoms with Crippen LogP contribution in [0.25, 0.3) is 0 Å². The molecule has 0 saturated carbocycles. The highest BCUT2D eigenvalue weighted by Gasteiger charge is 2.10. The van der Waals surface area contributed by atoms with Gasteiger partial charge >= 0.3 is 0 Å². The highest BCUT2D eigenvalue weighted by atomic mass is 19.3. The quantitative estimate of drug-likeness (QED) is 0.589. The molecule has 0 aromatic carbocycles. The normalized spacial score (nSPS) is 10.9. The van der Waals surface area contributed by atoms with Gasteiger partial charge in [0.25, 0.3) is 6.43 Å². The van der Waals surface area contributed by atoms with Crippen molar-refractivity contribution in [2.24, 2.45) is 7.05 Å². The minimum atomic E-state index is -2.46. The fourth-order valence-corrected chi connectivity index (χ4v) is 0.695. The second-order valence-electron chi connectivity index (χ2n) is 2.13. The monoisotopic (exact) mass is 146 g/mol. The number of rotatable bonds is 1. The Morgan fingerprint density at radius 2 is 2.20 bits per heavy atom. The topological polar surface area (TPSA) is 17.8 Å². The molecule has 4 heteroatoms. The van der Waals surface area contributed by atoms with E-state index in [-0.39, 0.29) is 5.69 Å². The molecule has 1 rings (SSSR count). The molecule has 0 aliphatic rings. The summed E-state index contributed by atoms with van der Waals surface area (Å²) in [4.78, 5) is 0. The van der Waals surface area contributed by atoms with Crippen molar-refractivity contribution in [1.82, 2.24) is 9.78 Å². The second kappa shape index (κ2) is 2.36. The van der Waals surface area contributed by atoms with Crippen LogP contribution in [0.4, 0.5) is 8.78 Å². The van der Waals surface area contributed by atoms with Crippen LogP contribution < -0.4 is 0 Å². The van der Waals surface area contributed by atoms with Gasteiger partial charge in [0.1, 0.15) is 5.69 Å². The van der Waals surface area contributed by atoms with E-state index in [9.17, 15) is 8.78 Å². The third-order valence-electron chi connectivity index (χ3n) is 1.36. The van der Waals surface area contributed by atoms with Crippen molar-refractivity contribution >= 4 is 0 Å². The highest BCUT2D eigenvalue weighted by Crippen LogP contribution is 2.16. The molecule has 0 saturated heterocycles. The van der Waals surface area contributed by atoms with E-state index in [0.29, 0.717) is 0 Å². The third kappa shape index (κ3) is 1.15. The Labute approximate surface area is 57.5 Å². The lowest BCUT2D eigenvalue weighted by atomic mass is 10.4. The van der Waals surface area contributed by atoms with Gasteiger partial charge in [0.05, 0.1) is 0 Å². The molecule has 0 aliphatic carbocycles. The minimum Gasteiger partial charge on any atom is -0.272 e. The van der Waals surface area contributed by atoms with Gasteiger partial charge < -0.3 is 0 Å². The first-order valence-corrected chi connectivity index (χ1v) is 2.90. The van der Waals surface area contributed by atoms with E-state index < -0.39 is 6.43 Å². The van der Waals surface area contributed by atoms with Gasteiger partial charge in [-0.25, -0.2) is 8.78 Å². The zero-order valence-corrected chi connectivity index (χ0v) is 5.81. The van der Waals surface area contributed by atoms with Crippen LogP contribution in [0.5, 0.6) is 0 Å². The smallest absolute Gasteiger partial charge is 0.272 e. The average Bonchev–Trinajstić information content (AvgIpc) is 2.13. The summed E-state index contributed by atoms with van der Waals surface area (Å²) in [5.74, 6) is 0. The zero-order chi connectivity index (χ0) is 7.72. The molecule has 0 unspecified atom stereocenters. The van der Waals surface area contributed by atoms with E-state index in [2.05, 4.69) is 5.10 Å². The molecule has 0 spiro atoms. The molecule has 0 atom stereocenters. The molecule has 10 heavy (non-hydrogen) atoms. The summed E-state index contributed by atoms with van der Waals surface area (Å²) >= 11 is 0. The predicted molar refractivity (Wildman–Crippen MR) is 32.9 cm³/mol. The molecule has 0 fully saturated rings. The molecule has 0 aliphatic heterocycles. The number of aromatic nitrogens is 2. The van der Waals surface area contributed by atoms with E-state index in [1.807, 2.05) is 0 Å². The van der Waals surface area contributed by atoms with Gasteiger partial charge in [0.2, 0.25) is 0 Å². The number of hydrogen-bond acceptors (Lipinski definition) is 1. The fraction of sp³-hybridized carbons (Fsp3) is 0.500. The Kier molecular flexibility index (Phi) is 1.70. The Morgan fingerprint density at radius 1 is 1.60 bits per heavy atom. The largest absolute Gasteiger partial charge is 0.282 e. The van der Waals surface area contributed by atoms with Gasteiger partial charge in [-0.3, -0.25) is 4.68 Å². The first kappa shape index (κ1) is 7.18. The maximum Gasteiger partial charge on any atom is 0.282 e. The minimum absolute atomic E-state index is 0.153. The Morgan fingerprint density at radius 3 is 2.40 bits per heavy atom. The Balaban J connectivity index is 2.98. The number of halogens is 2. The lowest BCUT2D eigenvalue weighted by Crippen LogP contribution is -1.93. The Bertz CT molecular complexity index is 210. The van der Waals surface area contributed by atoms with Crippen LogP contribution in [0, 0.1) is 6.92 Å². The molecule has 1 aromatic heterocycles.